The molecule has 1 atom stereocenters. The van der Waals surface area contributed by atoms with Gasteiger partial charge in [-0.1, -0.05) is 19.8 Å². The SMILES string of the molecule is CCCCCC(=O)O[C@@H](C)C(=O)O. The van der Waals surface area contributed by atoms with Crippen LogP contribution in [0.1, 0.15) is 39.5 Å². The predicted octanol–water partition coefficient (Wildman–Crippen LogP) is 1.58. The van der Waals surface area contributed by atoms with Crippen LogP contribution in [0.5, 0.6) is 0 Å². The second kappa shape index (κ2) is 6.46. The minimum Gasteiger partial charge on any atom is -0.479 e. The summed E-state index contributed by atoms with van der Waals surface area (Å²) >= 11 is 0. The summed E-state index contributed by atoms with van der Waals surface area (Å²) in [5.74, 6) is -1.54. The highest BCUT2D eigenvalue weighted by molar-refractivity contribution is 5.77. The number of hydrogen-bond donors (Lipinski definition) is 1. The fraction of sp³-hybridized carbons (Fsp3) is 0.778. The maximum absolute atomic E-state index is 10.9. The zero-order valence-electron chi connectivity index (χ0n) is 8.08. The fourth-order valence-electron chi connectivity index (χ4n) is 0.826. The fourth-order valence-corrected chi connectivity index (χ4v) is 0.826. The average molecular weight is 188 g/mol. The van der Waals surface area contributed by atoms with Gasteiger partial charge < -0.3 is 9.84 Å². The van der Waals surface area contributed by atoms with E-state index >= 15 is 0 Å². The monoisotopic (exact) mass is 188 g/mol. The van der Waals surface area contributed by atoms with Crippen molar-refractivity contribution in [3.05, 3.63) is 0 Å². The van der Waals surface area contributed by atoms with Crippen LogP contribution in [0.25, 0.3) is 0 Å². The van der Waals surface area contributed by atoms with Crippen LogP contribution in [-0.2, 0) is 14.3 Å². The van der Waals surface area contributed by atoms with Crippen LogP contribution in [0.3, 0.4) is 0 Å². The number of esters is 1. The van der Waals surface area contributed by atoms with Gasteiger partial charge in [0.1, 0.15) is 0 Å². The molecule has 0 rings (SSSR count). The van der Waals surface area contributed by atoms with Gasteiger partial charge in [0, 0.05) is 6.42 Å². The molecule has 0 saturated carbocycles. The van der Waals surface area contributed by atoms with Crippen molar-refractivity contribution in [2.24, 2.45) is 0 Å². The van der Waals surface area contributed by atoms with Crippen molar-refractivity contribution in [2.75, 3.05) is 0 Å². The van der Waals surface area contributed by atoms with Gasteiger partial charge >= 0.3 is 11.9 Å². The van der Waals surface area contributed by atoms with Gasteiger partial charge in [-0.15, -0.1) is 0 Å². The Labute approximate surface area is 77.9 Å². The molecule has 76 valence electrons. The van der Waals surface area contributed by atoms with Crippen molar-refractivity contribution in [3.63, 3.8) is 0 Å². The second-order valence-electron chi connectivity index (χ2n) is 2.93. The smallest absolute Gasteiger partial charge is 0.344 e. The van der Waals surface area contributed by atoms with Gasteiger partial charge in [0.15, 0.2) is 6.10 Å². The van der Waals surface area contributed by atoms with Crippen LogP contribution >= 0.6 is 0 Å². The maximum atomic E-state index is 10.9. The van der Waals surface area contributed by atoms with Crippen LogP contribution in [0, 0.1) is 0 Å². The number of aliphatic carboxylic acids is 1. The minimum atomic E-state index is -1.11. The third-order valence-electron chi connectivity index (χ3n) is 1.64. The lowest BCUT2D eigenvalue weighted by Crippen LogP contribution is -2.23. The molecule has 0 aromatic carbocycles. The average Bonchev–Trinajstić information content (AvgIpc) is 2.04. The van der Waals surface area contributed by atoms with E-state index in [1.54, 1.807) is 0 Å². The highest BCUT2D eigenvalue weighted by Crippen LogP contribution is 2.02. The van der Waals surface area contributed by atoms with E-state index in [0.29, 0.717) is 6.42 Å². The van der Waals surface area contributed by atoms with E-state index in [2.05, 4.69) is 4.74 Å². The standard InChI is InChI=1S/C9H16O4/c1-3-4-5-6-8(10)13-7(2)9(11)12/h7H,3-6H2,1-2H3,(H,11,12)/t7-/m0/s1. The molecule has 0 aromatic rings. The highest BCUT2D eigenvalue weighted by Gasteiger charge is 2.15. The molecule has 0 radical (unpaired) electrons. The van der Waals surface area contributed by atoms with Crippen LogP contribution in [0.2, 0.25) is 0 Å². The molecule has 4 nitrogen and oxygen atoms in total. The van der Waals surface area contributed by atoms with E-state index in [0.717, 1.165) is 19.3 Å². The van der Waals surface area contributed by atoms with E-state index in [-0.39, 0.29) is 0 Å². The molecule has 0 aliphatic rings. The summed E-state index contributed by atoms with van der Waals surface area (Å²) in [5, 5.41) is 8.43. The zero-order valence-corrected chi connectivity index (χ0v) is 8.08. The van der Waals surface area contributed by atoms with Gasteiger partial charge in [0.25, 0.3) is 0 Å². The van der Waals surface area contributed by atoms with Crippen LogP contribution in [0.15, 0.2) is 0 Å². The van der Waals surface area contributed by atoms with Crippen molar-refractivity contribution < 1.29 is 19.4 Å². The van der Waals surface area contributed by atoms with Gasteiger partial charge in [-0.25, -0.2) is 4.79 Å². The van der Waals surface area contributed by atoms with E-state index in [1.807, 2.05) is 6.92 Å². The van der Waals surface area contributed by atoms with Gasteiger partial charge in [0.2, 0.25) is 0 Å². The molecule has 0 amide bonds. The van der Waals surface area contributed by atoms with E-state index in [4.69, 9.17) is 5.11 Å². The molecular formula is C9H16O4. The third kappa shape index (κ3) is 6.13. The zero-order chi connectivity index (χ0) is 10.3. The van der Waals surface area contributed by atoms with E-state index < -0.39 is 18.0 Å². The lowest BCUT2D eigenvalue weighted by molar-refractivity contribution is -0.162. The Morgan fingerprint density at radius 3 is 2.46 bits per heavy atom. The van der Waals surface area contributed by atoms with Crippen molar-refractivity contribution in [1.82, 2.24) is 0 Å². The van der Waals surface area contributed by atoms with Gasteiger partial charge in [0.05, 0.1) is 0 Å². The summed E-state index contributed by atoms with van der Waals surface area (Å²) < 4.78 is 4.62. The van der Waals surface area contributed by atoms with Crippen molar-refractivity contribution in [1.29, 1.82) is 0 Å². The molecular weight excluding hydrogens is 172 g/mol. The van der Waals surface area contributed by atoms with Crippen molar-refractivity contribution in [2.45, 2.75) is 45.6 Å². The lowest BCUT2D eigenvalue weighted by atomic mass is 10.2. The first-order valence-corrected chi connectivity index (χ1v) is 4.50. The number of carboxylic acid groups (broad SMARTS) is 1. The van der Waals surface area contributed by atoms with Gasteiger partial charge in [-0.05, 0) is 13.3 Å². The largest absolute Gasteiger partial charge is 0.479 e. The van der Waals surface area contributed by atoms with Gasteiger partial charge in [-0.3, -0.25) is 4.79 Å². The minimum absolute atomic E-state index is 0.311. The molecule has 0 saturated heterocycles. The maximum Gasteiger partial charge on any atom is 0.344 e. The van der Waals surface area contributed by atoms with Crippen LogP contribution < -0.4 is 0 Å². The number of ether oxygens (including phenoxy) is 1. The first-order chi connectivity index (χ1) is 6.07. The summed E-state index contributed by atoms with van der Waals surface area (Å²) in [5.41, 5.74) is 0. The number of carbonyl (C=O) groups is 2. The Morgan fingerprint density at radius 1 is 1.38 bits per heavy atom. The van der Waals surface area contributed by atoms with E-state index in [1.165, 1.54) is 6.92 Å². The normalized spacial score (nSPS) is 12.2. The molecule has 0 spiro atoms. The molecule has 0 unspecified atom stereocenters. The second-order valence-corrected chi connectivity index (χ2v) is 2.93. The lowest BCUT2D eigenvalue weighted by Gasteiger charge is -2.07. The topological polar surface area (TPSA) is 63.6 Å². The molecule has 0 aliphatic heterocycles. The molecule has 0 aromatic heterocycles. The molecule has 13 heavy (non-hydrogen) atoms. The number of carboxylic acids is 1. The first kappa shape index (κ1) is 11.9. The number of carbonyl (C=O) groups excluding carboxylic acids is 1. The molecule has 0 bridgehead atoms. The highest BCUT2D eigenvalue weighted by atomic mass is 16.6. The molecule has 0 heterocycles. The molecule has 1 N–H and O–H groups in total. The number of rotatable bonds is 6. The Morgan fingerprint density at radius 2 is 2.00 bits per heavy atom. The van der Waals surface area contributed by atoms with E-state index in [9.17, 15) is 9.59 Å². The summed E-state index contributed by atoms with van der Waals surface area (Å²) in [6.45, 7) is 3.38. The molecule has 0 fully saturated rings. The third-order valence-corrected chi connectivity index (χ3v) is 1.64. The van der Waals surface area contributed by atoms with Crippen molar-refractivity contribution in [3.8, 4) is 0 Å². The molecule has 0 aliphatic carbocycles. The summed E-state index contributed by atoms with van der Waals surface area (Å²) in [7, 11) is 0. The summed E-state index contributed by atoms with van der Waals surface area (Å²) in [4.78, 5) is 21.2. The summed E-state index contributed by atoms with van der Waals surface area (Å²) in [6.07, 6.45) is 2.04. The Hall–Kier alpha value is -1.06. The Bertz CT molecular complexity index is 176. The van der Waals surface area contributed by atoms with Crippen LogP contribution in [-0.4, -0.2) is 23.1 Å². The Kier molecular flexibility index (Phi) is 5.93. The predicted molar refractivity (Wildman–Crippen MR) is 47.3 cm³/mol. The summed E-state index contributed by atoms with van der Waals surface area (Å²) in [6, 6.07) is 0. The van der Waals surface area contributed by atoms with Crippen molar-refractivity contribution >= 4 is 11.9 Å². The molecule has 4 heteroatoms. The number of unbranched alkanes of at least 4 members (excludes halogenated alkanes) is 2. The Balaban J connectivity index is 3.56. The quantitative estimate of drug-likeness (QED) is 0.507. The van der Waals surface area contributed by atoms with Gasteiger partial charge in [-0.2, -0.15) is 0 Å². The first-order valence-electron chi connectivity index (χ1n) is 4.50. The number of hydrogen-bond acceptors (Lipinski definition) is 3. The van der Waals surface area contributed by atoms with Crippen LogP contribution in [0.4, 0.5) is 0 Å².